The summed E-state index contributed by atoms with van der Waals surface area (Å²) in [6.07, 6.45) is 3.11. The van der Waals surface area contributed by atoms with Crippen molar-refractivity contribution in [3.63, 3.8) is 0 Å². The molecular weight excluding hydrogens is 299 g/mol. The summed E-state index contributed by atoms with van der Waals surface area (Å²) in [4.78, 5) is 34.9. The maximum absolute atomic E-state index is 12.1. The number of likely N-dealkylation sites (N-methyl/N-ethyl adjacent to an activating group) is 1. The number of nitrogens with zero attached hydrogens (tertiary/aromatic N) is 2. The molecule has 6 nitrogen and oxygen atoms in total. The van der Waals surface area contributed by atoms with Gasteiger partial charge < -0.3 is 4.79 Å². The van der Waals surface area contributed by atoms with Crippen molar-refractivity contribution in [1.82, 2.24) is 15.3 Å². The molecule has 0 aromatic heterocycles. The van der Waals surface area contributed by atoms with Crippen LogP contribution in [0.15, 0.2) is 0 Å². The van der Waals surface area contributed by atoms with Crippen LogP contribution in [0.4, 0.5) is 0 Å². The van der Waals surface area contributed by atoms with Gasteiger partial charge in [0.05, 0.1) is 0 Å². The zero-order chi connectivity index (χ0) is 11.9. The fourth-order valence-electron chi connectivity index (χ4n) is 2.18. The predicted octanol–water partition coefficient (Wildman–Crippen LogP) is -1.18. The van der Waals surface area contributed by atoms with Crippen molar-refractivity contribution in [2.75, 3.05) is 13.6 Å². The van der Waals surface area contributed by atoms with Gasteiger partial charge in [-0.05, 0) is 26.4 Å². The second kappa shape index (κ2) is 5.12. The minimum absolute atomic E-state index is 0. The molecule has 17 heavy (non-hydrogen) atoms. The number of carbonyl (C=O) groups excluding carboxylic acids is 3. The van der Waals surface area contributed by atoms with E-state index in [1.165, 1.54) is 16.9 Å². The summed E-state index contributed by atoms with van der Waals surface area (Å²) in [6, 6.07) is -0.625. The van der Waals surface area contributed by atoms with Gasteiger partial charge >= 0.3 is 0 Å². The molecule has 2 saturated heterocycles. The molecule has 0 aromatic carbocycles. The van der Waals surface area contributed by atoms with E-state index in [2.05, 4.69) is 5.32 Å². The quantitative estimate of drug-likeness (QED) is 0.515. The molecule has 91 valence electrons. The van der Waals surface area contributed by atoms with Crippen LogP contribution in [0.25, 0.3) is 0 Å². The first-order valence-corrected chi connectivity index (χ1v) is 5.28. The fraction of sp³-hybridized carbons (Fsp3) is 0.700. The van der Waals surface area contributed by atoms with Gasteiger partial charge in [0.2, 0.25) is 0 Å². The molecule has 7 heteroatoms. The number of amides is 2. The Hall–Kier alpha value is -0.326. The van der Waals surface area contributed by atoms with Gasteiger partial charge in [0, 0.05) is 39.3 Å². The van der Waals surface area contributed by atoms with E-state index in [-0.39, 0.29) is 44.5 Å². The summed E-state index contributed by atoms with van der Waals surface area (Å²) >= 11 is 0. The number of hydrogen-bond acceptors (Lipinski definition) is 4. The van der Waals surface area contributed by atoms with Crippen molar-refractivity contribution in [1.29, 1.82) is 0 Å². The standard InChI is InChI=1S/C10H14N3O3.Y/c1-10(11-2)8(15)12-5-3-4-7(6-14)13(12)9(10)16;/h7,11H,3-5H2,1-2H3;/q-1;. The molecule has 1 radical (unpaired) electrons. The van der Waals surface area contributed by atoms with Gasteiger partial charge in [0.25, 0.3) is 11.8 Å². The molecule has 2 fully saturated rings. The second-order valence-electron chi connectivity index (χ2n) is 4.23. The normalized spacial score (nSPS) is 32.2. The van der Waals surface area contributed by atoms with Crippen molar-refractivity contribution in [3.05, 3.63) is 0 Å². The minimum atomic E-state index is -1.24. The SMILES string of the molecule is CNC1(C)C(=O)N2CCCC([C-]=O)N2C1=O.[Y]. The minimum Gasteiger partial charge on any atom is -0.540 e. The van der Waals surface area contributed by atoms with Crippen LogP contribution in [0.3, 0.4) is 0 Å². The first-order valence-electron chi connectivity index (χ1n) is 5.28. The number of rotatable bonds is 2. The second-order valence-corrected chi connectivity index (χ2v) is 4.23. The van der Waals surface area contributed by atoms with E-state index in [1.807, 2.05) is 6.29 Å². The summed E-state index contributed by atoms with van der Waals surface area (Å²) in [5.41, 5.74) is -1.24. The predicted molar refractivity (Wildman–Crippen MR) is 54.7 cm³/mol. The Morgan fingerprint density at radius 2 is 2.06 bits per heavy atom. The molecule has 2 amide bonds. The van der Waals surface area contributed by atoms with E-state index in [4.69, 9.17) is 0 Å². The van der Waals surface area contributed by atoms with Crippen LogP contribution in [0, 0.1) is 0 Å². The van der Waals surface area contributed by atoms with Crippen LogP contribution >= 0.6 is 0 Å². The van der Waals surface area contributed by atoms with Crippen LogP contribution in [-0.4, -0.2) is 53.3 Å². The Labute approximate surface area is 125 Å². The van der Waals surface area contributed by atoms with Gasteiger partial charge in [0.15, 0.2) is 5.54 Å². The molecule has 0 bridgehead atoms. The molecule has 2 heterocycles. The first-order chi connectivity index (χ1) is 7.56. The average Bonchev–Trinajstić information content (AvgIpc) is 2.52. The topological polar surface area (TPSA) is 69.7 Å². The molecule has 0 saturated carbocycles. The summed E-state index contributed by atoms with van der Waals surface area (Å²) in [5.74, 6) is -0.659. The largest absolute Gasteiger partial charge is 0.540 e. The Morgan fingerprint density at radius 3 is 2.59 bits per heavy atom. The summed E-state index contributed by atoms with van der Waals surface area (Å²) in [5, 5.41) is 5.33. The van der Waals surface area contributed by atoms with Crippen molar-refractivity contribution in [2.24, 2.45) is 0 Å². The number of nitrogens with one attached hydrogen (secondary N) is 1. The van der Waals surface area contributed by atoms with E-state index in [0.717, 1.165) is 6.42 Å². The first kappa shape index (κ1) is 14.7. The molecule has 2 aliphatic heterocycles. The number of hydrogen-bond donors (Lipinski definition) is 1. The zero-order valence-corrected chi connectivity index (χ0v) is 12.7. The molecule has 0 spiro atoms. The molecule has 2 aliphatic rings. The van der Waals surface area contributed by atoms with E-state index in [1.54, 1.807) is 7.05 Å². The number of hydrazine groups is 1. The van der Waals surface area contributed by atoms with E-state index < -0.39 is 11.6 Å². The monoisotopic (exact) mass is 313 g/mol. The van der Waals surface area contributed by atoms with Crippen molar-refractivity contribution in [3.8, 4) is 0 Å². The summed E-state index contributed by atoms with van der Waals surface area (Å²) in [6.45, 7) is 2.03. The van der Waals surface area contributed by atoms with Crippen molar-refractivity contribution in [2.45, 2.75) is 31.3 Å². The Morgan fingerprint density at radius 1 is 1.41 bits per heavy atom. The molecule has 0 aliphatic carbocycles. The number of carbonyl (C=O) groups is 2. The smallest absolute Gasteiger partial charge is 0.270 e. The summed E-state index contributed by atoms with van der Waals surface area (Å²) < 4.78 is 0. The summed E-state index contributed by atoms with van der Waals surface area (Å²) in [7, 11) is 1.56. The van der Waals surface area contributed by atoms with Crippen LogP contribution < -0.4 is 5.32 Å². The Kier molecular flexibility index (Phi) is 4.44. The molecule has 1 N–H and O–H groups in total. The maximum atomic E-state index is 12.1. The fourth-order valence-corrected chi connectivity index (χ4v) is 2.18. The van der Waals surface area contributed by atoms with Crippen LogP contribution in [-0.2, 0) is 47.1 Å². The third-order valence-corrected chi connectivity index (χ3v) is 3.34. The molecular formula is C10H14N3O3Y-. The van der Waals surface area contributed by atoms with Gasteiger partial charge in [0.1, 0.15) is 0 Å². The Bertz CT molecular complexity index is 363. The van der Waals surface area contributed by atoms with Crippen LogP contribution in [0.1, 0.15) is 19.8 Å². The average molecular weight is 313 g/mol. The van der Waals surface area contributed by atoms with Crippen LogP contribution in [0.5, 0.6) is 0 Å². The third kappa shape index (κ3) is 1.96. The van der Waals surface area contributed by atoms with E-state index >= 15 is 0 Å². The van der Waals surface area contributed by atoms with Crippen molar-refractivity contribution >= 4 is 18.1 Å². The molecule has 2 rings (SSSR count). The van der Waals surface area contributed by atoms with Gasteiger partial charge in [-0.1, -0.05) is 6.42 Å². The van der Waals surface area contributed by atoms with Gasteiger partial charge in [-0.3, -0.25) is 24.9 Å². The number of fused-ring (bicyclic) bond motifs is 1. The van der Waals surface area contributed by atoms with Gasteiger partial charge in [-0.2, -0.15) is 0 Å². The third-order valence-electron chi connectivity index (χ3n) is 3.34. The molecule has 2 atom stereocenters. The van der Waals surface area contributed by atoms with E-state index in [0.29, 0.717) is 13.0 Å². The Balaban J connectivity index is 0.00000144. The maximum Gasteiger partial charge on any atom is 0.270 e. The van der Waals surface area contributed by atoms with Gasteiger partial charge in [-0.25, -0.2) is 6.29 Å². The van der Waals surface area contributed by atoms with E-state index in [9.17, 15) is 14.4 Å². The van der Waals surface area contributed by atoms with Crippen molar-refractivity contribution < 1.29 is 47.1 Å². The zero-order valence-electron chi connectivity index (χ0n) is 9.90. The van der Waals surface area contributed by atoms with Crippen LogP contribution in [0.2, 0.25) is 0 Å². The molecule has 0 aromatic rings. The van der Waals surface area contributed by atoms with Gasteiger partial charge in [-0.15, -0.1) is 0 Å². The molecule has 2 unspecified atom stereocenters.